The molecule has 0 unspecified atom stereocenters. The summed E-state index contributed by atoms with van der Waals surface area (Å²) >= 11 is 0. The van der Waals surface area contributed by atoms with Gasteiger partial charge in [0.25, 0.3) is 0 Å². The molecule has 1 heterocycles. The molecule has 0 bridgehead atoms. The zero-order chi connectivity index (χ0) is 17.5. The molecule has 1 N–H and O–H groups in total. The number of amides is 2. The van der Waals surface area contributed by atoms with Gasteiger partial charge in [0.1, 0.15) is 18.2 Å². The predicted octanol–water partition coefficient (Wildman–Crippen LogP) is 3.05. The van der Waals surface area contributed by atoms with E-state index in [-0.39, 0.29) is 11.8 Å². The monoisotopic (exact) mass is 343 g/mol. The van der Waals surface area contributed by atoms with Crippen LogP contribution in [0.3, 0.4) is 0 Å². The fraction of sp³-hybridized carbons (Fsp3) is 0.316. The van der Waals surface area contributed by atoms with Gasteiger partial charge in [-0.05, 0) is 36.4 Å². The van der Waals surface area contributed by atoms with E-state index in [2.05, 4.69) is 10.2 Å². The lowest BCUT2D eigenvalue weighted by atomic mass is 10.3. The van der Waals surface area contributed by atoms with E-state index in [0.29, 0.717) is 25.4 Å². The van der Waals surface area contributed by atoms with E-state index in [0.717, 1.165) is 25.3 Å². The predicted molar refractivity (Wildman–Crippen MR) is 95.4 cm³/mol. The Morgan fingerprint density at radius 3 is 2.36 bits per heavy atom. The molecule has 2 amide bonds. The Balaban J connectivity index is 1.37. The largest absolute Gasteiger partial charge is 0.492 e. The van der Waals surface area contributed by atoms with E-state index in [9.17, 15) is 9.18 Å². The lowest BCUT2D eigenvalue weighted by Crippen LogP contribution is -2.50. The maximum atomic E-state index is 12.8. The molecular formula is C19H22FN3O2. The first-order valence-corrected chi connectivity index (χ1v) is 8.42. The fourth-order valence-corrected chi connectivity index (χ4v) is 2.72. The first kappa shape index (κ1) is 17.2. The van der Waals surface area contributed by atoms with Crippen molar-refractivity contribution in [2.75, 3.05) is 44.6 Å². The standard InChI is InChI=1S/C19H22FN3O2/c20-16-6-8-18(9-7-16)25-15-14-22-10-12-23(13-11-22)19(24)21-17-4-2-1-3-5-17/h1-9H,10-15H2,(H,21,24). The molecule has 5 nitrogen and oxygen atoms in total. The van der Waals surface area contributed by atoms with Crippen molar-refractivity contribution in [2.24, 2.45) is 0 Å². The normalized spacial score (nSPS) is 15.0. The third kappa shape index (κ3) is 5.19. The third-order valence-corrected chi connectivity index (χ3v) is 4.17. The van der Waals surface area contributed by atoms with Crippen LogP contribution in [0.2, 0.25) is 0 Å². The van der Waals surface area contributed by atoms with Crippen molar-refractivity contribution >= 4 is 11.7 Å². The van der Waals surface area contributed by atoms with Crippen molar-refractivity contribution < 1.29 is 13.9 Å². The average Bonchev–Trinajstić information content (AvgIpc) is 2.65. The molecule has 3 rings (SSSR count). The van der Waals surface area contributed by atoms with Crippen LogP contribution in [0.4, 0.5) is 14.9 Å². The number of nitrogens with zero attached hydrogens (tertiary/aromatic N) is 2. The number of nitrogens with one attached hydrogen (secondary N) is 1. The van der Waals surface area contributed by atoms with Crippen molar-refractivity contribution in [3.05, 3.63) is 60.4 Å². The molecule has 2 aromatic rings. The number of halogens is 1. The first-order chi connectivity index (χ1) is 12.2. The number of urea groups is 1. The van der Waals surface area contributed by atoms with Crippen LogP contribution in [0.25, 0.3) is 0 Å². The molecule has 6 heteroatoms. The van der Waals surface area contributed by atoms with Crippen molar-refractivity contribution in [2.45, 2.75) is 0 Å². The second-order valence-corrected chi connectivity index (χ2v) is 5.93. The topological polar surface area (TPSA) is 44.8 Å². The summed E-state index contributed by atoms with van der Waals surface area (Å²) in [5.41, 5.74) is 0.808. The van der Waals surface area contributed by atoms with Crippen LogP contribution in [-0.4, -0.2) is 55.2 Å². The van der Waals surface area contributed by atoms with Gasteiger partial charge >= 0.3 is 6.03 Å². The van der Waals surface area contributed by atoms with Gasteiger partial charge in [0.05, 0.1) is 0 Å². The molecule has 2 aromatic carbocycles. The number of piperazine rings is 1. The average molecular weight is 343 g/mol. The van der Waals surface area contributed by atoms with Crippen molar-refractivity contribution in [1.82, 2.24) is 9.80 Å². The quantitative estimate of drug-likeness (QED) is 0.907. The highest BCUT2D eigenvalue weighted by Crippen LogP contribution is 2.12. The van der Waals surface area contributed by atoms with Crippen LogP contribution in [0.5, 0.6) is 5.75 Å². The summed E-state index contributed by atoms with van der Waals surface area (Å²) in [4.78, 5) is 16.3. The van der Waals surface area contributed by atoms with Crippen LogP contribution >= 0.6 is 0 Å². The number of para-hydroxylation sites is 1. The molecule has 0 aliphatic carbocycles. The van der Waals surface area contributed by atoms with Gasteiger partial charge in [0.15, 0.2) is 0 Å². The van der Waals surface area contributed by atoms with E-state index < -0.39 is 0 Å². The van der Waals surface area contributed by atoms with E-state index in [1.54, 1.807) is 12.1 Å². The number of benzene rings is 2. The number of anilines is 1. The molecule has 0 saturated carbocycles. The van der Waals surface area contributed by atoms with Gasteiger partial charge < -0.3 is 15.0 Å². The van der Waals surface area contributed by atoms with Crippen LogP contribution in [0, 0.1) is 5.82 Å². The van der Waals surface area contributed by atoms with Gasteiger partial charge in [0.2, 0.25) is 0 Å². The van der Waals surface area contributed by atoms with Crippen molar-refractivity contribution in [3.63, 3.8) is 0 Å². The highest BCUT2D eigenvalue weighted by molar-refractivity contribution is 5.89. The van der Waals surface area contributed by atoms with E-state index in [1.807, 2.05) is 35.2 Å². The van der Waals surface area contributed by atoms with Gasteiger partial charge in [-0.25, -0.2) is 9.18 Å². The van der Waals surface area contributed by atoms with Crippen LogP contribution in [-0.2, 0) is 0 Å². The fourth-order valence-electron chi connectivity index (χ4n) is 2.72. The molecular weight excluding hydrogens is 321 g/mol. The van der Waals surface area contributed by atoms with Gasteiger partial charge in [-0.1, -0.05) is 18.2 Å². The Bertz CT molecular complexity index is 671. The summed E-state index contributed by atoms with van der Waals surface area (Å²) in [6.07, 6.45) is 0. The summed E-state index contributed by atoms with van der Waals surface area (Å²) in [6, 6.07) is 15.4. The Labute approximate surface area is 147 Å². The second-order valence-electron chi connectivity index (χ2n) is 5.93. The minimum atomic E-state index is -0.266. The zero-order valence-electron chi connectivity index (χ0n) is 14.0. The smallest absolute Gasteiger partial charge is 0.321 e. The minimum Gasteiger partial charge on any atom is -0.492 e. The summed E-state index contributed by atoms with van der Waals surface area (Å²) in [5, 5.41) is 2.91. The van der Waals surface area contributed by atoms with Crippen molar-refractivity contribution in [3.8, 4) is 5.75 Å². The van der Waals surface area contributed by atoms with Gasteiger partial charge in [-0.15, -0.1) is 0 Å². The van der Waals surface area contributed by atoms with Crippen molar-refractivity contribution in [1.29, 1.82) is 0 Å². The summed E-state index contributed by atoms with van der Waals surface area (Å²) in [5.74, 6) is 0.402. The van der Waals surface area contributed by atoms with Gasteiger partial charge in [-0.2, -0.15) is 0 Å². The number of hydrogen-bond acceptors (Lipinski definition) is 3. The maximum Gasteiger partial charge on any atom is 0.321 e. The summed E-state index contributed by atoms with van der Waals surface area (Å²) < 4.78 is 18.5. The molecule has 1 fully saturated rings. The Morgan fingerprint density at radius 2 is 1.68 bits per heavy atom. The van der Waals surface area contributed by atoms with Gasteiger partial charge in [0, 0.05) is 38.4 Å². The van der Waals surface area contributed by atoms with E-state index in [4.69, 9.17) is 4.74 Å². The molecule has 0 spiro atoms. The molecule has 0 atom stereocenters. The number of ether oxygens (including phenoxy) is 1. The first-order valence-electron chi connectivity index (χ1n) is 8.42. The Kier molecular flexibility index (Phi) is 5.85. The lowest BCUT2D eigenvalue weighted by molar-refractivity contribution is 0.132. The van der Waals surface area contributed by atoms with Crippen LogP contribution in [0.1, 0.15) is 0 Å². The number of hydrogen-bond donors (Lipinski definition) is 1. The highest BCUT2D eigenvalue weighted by atomic mass is 19.1. The maximum absolute atomic E-state index is 12.8. The molecule has 1 aliphatic heterocycles. The van der Waals surface area contributed by atoms with Gasteiger partial charge in [-0.3, -0.25) is 4.90 Å². The third-order valence-electron chi connectivity index (χ3n) is 4.17. The molecule has 132 valence electrons. The van der Waals surface area contributed by atoms with E-state index >= 15 is 0 Å². The molecule has 1 saturated heterocycles. The lowest BCUT2D eigenvalue weighted by Gasteiger charge is -2.34. The van der Waals surface area contributed by atoms with E-state index in [1.165, 1.54) is 12.1 Å². The van der Waals surface area contributed by atoms with Crippen LogP contribution < -0.4 is 10.1 Å². The van der Waals surface area contributed by atoms with Crippen LogP contribution in [0.15, 0.2) is 54.6 Å². The Hall–Kier alpha value is -2.60. The minimum absolute atomic E-state index is 0.0617. The number of carbonyl (C=O) groups is 1. The summed E-state index contributed by atoms with van der Waals surface area (Å²) in [6.45, 7) is 4.34. The molecule has 25 heavy (non-hydrogen) atoms. The molecule has 0 radical (unpaired) electrons. The number of rotatable bonds is 5. The molecule has 1 aliphatic rings. The molecule has 0 aromatic heterocycles. The highest BCUT2D eigenvalue weighted by Gasteiger charge is 2.20. The second kappa shape index (κ2) is 8.48. The SMILES string of the molecule is O=C(Nc1ccccc1)N1CCN(CCOc2ccc(F)cc2)CC1. The Morgan fingerprint density at radius 1 is 1.00 bits per heavy atom. The summed E-state index contributed by atoms with van der Waals surface area (Å²) in [7, 11) is 0. The number of carbonyl (C=O) groups excluding carboxylic acids is 1. The zero-order valence-corrected chi connectivity index (χ0v) is 14.0.